The molecule has 0 aliphatic heterocycles. The summed E-state index contributed by atoms with van der Waals surface area (Å²) in [6.07, 6.45) is 0. The molecule has 16 heavy (non-hydrogen) atoms. The SMILES string of the molecule is O=C(O)c1ccc(C(=O)O)c(S(=O)(=O)O)c1. The lowest BCUT2D eigenvalue weighted by molar-refractivity contribution is 0.0677. The second-order valence-electron chi connectivity index (χ2n) is 2.80. The van der Waals surface area contributed by atoms with Gasteiger partial charge in [0.15, 0.2) is 0 Å². The van der Waals surface area contributed by atoms with Crippen molar-refractivity contribution in [3.05, 3.63) is 29.3 Å². The van der Waals surface area contributed by atoms with Crippen molar-refractivity contribution in [3.8, 4) is 0 Å². The number of rotatable bonds is 3. The van der Waals surface area contributed by atoms with Crippen LogP contribution < -0.4 is 0 Å². The molecule has 0 spiro atoms. The number of benzene rings is 1. The van der Waals surface area contributed by atoms with E-state index in [0.29, 0.717) is 6.07 Å². The van der Waals surface area contributed by atoms with Crippen LogP contribution in [-0.2, 0) is 10.1 Å². The van der Waals surface area contributed by atoms with E-state index in [1.807, 2.05) is 0 Å². The Morgan fingerprint density at radius 1 is 1.06 bits per heavy atom. The first-order valence-electron chi connectivity index (χ1n) is 3.81. The second-order valence-corrected chi connectivity index (χ2v) is 4.19. The quantitative estimate of drug-likeness (QED) is 0.655. The minimum absolute atomic E-state index is 0.433. The highest BCUT2D eigenvalue weighted by Gasteiger charge is 2.21. The van der Waals surface area contributed by atoms with Crippen molar-refractivity contribution in [2.75, 3.05) is 0 Å². The number of hydrogen-bond donors (Lipinski definition) is 3. The molecule has 0 unspecified atom stereocenters. The Balaban J connectivity index is 3.58. The Bertz CT molecular complexity index is 558. The van der Waals surface area contributed by atoms with Crippen molar-refractivity contribution < 1.29 is 32.8 Å². The van der Waals surface area contributed by atoms with E-state index in [-0.39, 0.29) is 0 Å². The van der Waals surface area contributed by atoms with Gasteiger partial charge in [0.1, 0.15) is 4.90 Å². The lowest BCUT2D eigenvalue weighted by atomic mass is 10.1. The van der Waals surface area contributed by atoms with E-state index < -0.39 is 38.1 Å². The number of hydrogen-bond acceptors (Lipinski definition) is 4. The lowest BCUT2D eigenvalue weighted by Crippen LogP contribution is -2.10. The van der Waals surface area contributed by atoms with Crippen molar-refractivity contribution in [3.63, 3.8) is 0 Å². The zero-order valence-electron chi connectivity index (χ0n) is 7.61. The van der Waals surface area contributed by atoms with Gasteiger partial charge in [-0.05, 0) is 18.2 Å². The highest BCUT2D eigenvalue weighted by atomic mass is 32.2. The summed E-state index contributed by atoms with van der Waals surface area (Å²) in [5.41, 5.74) is -1.12. The molecule has 0 amide bonds. The van der Waals surface area contributed by atoms with Gasteiger partial charge in [-0.15, -0.1) is 0 Å². The second kappa shape index (κ2) is 3.91. The van der Waals surface area contributed by atoms with Crippen LogP contribution in [0.2, 0.25) is 0 Å². The molecule has 0 atom stereocenters. The number of carboxylic acids is 2. The molecular formula is C8H6O7S. The van der Waals surface area contributed by atoms with E-state index in [1.54, 1.807) is 0 Å². The van der Waals surface area contributed by atoms with E-state index >= 15 is 0 Å². The molecule has 0 aromatic heterocycles. The lowest BCUT2D eigenvalue weighted by Gasteiger charge is -2.03. The summed E-state index contributed by atoms with van der Waals surface area (Å²) >= 11 is 0. The fourth-order valence-corrected chi connectivity index (χ4v) is 1.75. The van der Waals surface area contributed by atoms with Crippen LogP contribution in [0.15, 0.2) is 23.1 Å². The molecular weight excluding hydrogens is 240 g/mol. The fraction of sp³-hybridized carbons (Fsp3) is 0. The van der Waals surface area contributed by atoms with Crippen LogP contribution in [0, 0.1) is 0 Å². The molecule has 7 nitrogen and oxygen atoms in total. The van der Waals surface area contributed by atoms with Crippen molar-refractivity contribution in [1.29, 1.82) is 0 Å². The van der Waals surface area contributed by atoms with Crippen LogP contribution in [0.5, 0.6) is 0 Å². The molecule has 0 saturated heterocycles. The fourth-order valence-electron chi connectivity index (χ4n) is 1.05. The number of aromatic carboxylic acids is 2. The summed E-state index contributed by atoms with van der Waals surface area (Å²) < 4.78 is 30.4. The van der Waals surface area contributed by atoms with Gasteiger partial charge in [-0.3, -0.25) is 4.55 Å². The van der Waals surface area contributed by atoms with Gasteiger partial charge in [-0.2, -0.15) is 8.42 Å². The van der Waals surface area contributed by atoms with Crippen molar-refractivity contribution in [2.24, 2.45) is 0 Å². The monoisotopic (exact) mass is 246 g/mol. The van der Waals surface area contributed by atoms with Gasteiger partial charge >= 0.3 is 11.9 Å². The first-order chi connectivity index (χ1) is 7.23. The number of carboxylic acid groups (broad SMARTS) is 2. The molecule has 86 valence electrons. The third kappa shape index (κ3) is 2.35. The van der Waals surface area contributed by atoms with Crippen LogP contribution in [0.4, 0.5) is 0 Å². The highest BCUT2D eigenvalue weighted by molar-refractivity contribution is 7.86. The summed E-state index contributed by atoms with van der Waals surface area (Å²) in [5.74, 6) is -3.01. The van der Waals surface area contributed by atoms with Crippen LogP contribution in [-0.4, -0.2) is 35.1 Å². The maximum atomic E-state index is 10.8. The van der Waals surface area contributed by atoms with Gasteiger partial charge in [0.05, 0.1) is 11.1 Å². The maximum absolute atomic E-state index is 10.8. The summed E-state index contributed by atoms with van der Waals surface area (Å²) in [5, 5.41) is 17.2. The molecule has 1 rings (SSSR count). The van der Waals surface area contributed by atoms with Gasteiger partial charge in [-0.1, -0.05) is 0 Å². The Morgan fingerprint density at radius 3 is 2.00 bits per heavy atom. The predicted octanol–water partition coefficient (Wildman–Crippen LogP) is 0.330. The van der Waals surface area contributed by atoms with E-state index in [9.17, 15) is 18.0 Å². The number of carbonyl (C=O) groups is 2. The normalized spacial score (nSPS) is 11.1. The highest BCUT2D eigenvalue weighted by Crippen LogP contribution is 2.17. The van der Waals surface area contributed by atoms with Gasteiger partial charge in [0.25, 0.3) is 10.1 Å². The van der Waals surface area contributed by atoms with Crippen LogP contribution in [0.3, 0.4) is 0 Å². The summed E-state index contributed by atoms with van der Waals surface area (Å²) in [6, 6.07) is 2.32. The minimum atomic E-state index is -4.78. The van der Waals surface area contributed by atoms with Gasteiger partial charge in [0, 0.05) is 0 Å². The van der Waals surface area contributed by atoms with E-state index in [4.69, 9.17) is 14.8 Å². The van der Waals surface area contributed by atoms with Crippen molar-refractivity contribution in [1.82, 2.24) is 0 Å². The van der Waals surface area contributed by atoms with Gasteiger partial charge in [0.2, 0.25) is 0 Å². The van der Waals surface area contributed by atoms with E-state index in [0.717, 1.165) is 12.1 Å². The van der Waals surface area contributed by atoms with Crippen LogP contribution in [0.1, 0.15) is 20.7 Å². The van der Waals surface area contributed by atoms with Crippen LogP contribution >= 0.6 is 0 Å². The molecule has 3 N–H and O–H groups in total. The molecule has 0 fully saturated rings. The summed E-state index contributed by atoms with van der Waals surface area (Å²) in [6.45, 7) is 0. The molecule has 0 saturated carbocycles. The maximum Gasteiger partial charge on any atom is 0.337 e. The first kappa shape index (κ1) is 12.1. The molecule has 0 aliphatic carbocycles. The van der Waals surface area contributed by atoms with Gasteiger partial charge < -0.3 is 10.2 Å². The topological polar surface area (TPSA) is 129 Å². The Labute approximate surface area is 89.7 Å². The minimum Gasteiger partial charge on any atom is -0.478 e. The molecule has 1 aromatic carbocycles. The Morgan fingerprint density at radius 2 is 1.62 bits per heavy atom. The molecule has 0 heterocycles. The molecule has 1 aromatic rings. The van der Waals surface area contributed by atoms with Gasteiger partial charge in [-0.25, -0.2) is 9.59 Å². The van der Waals surface area contributed by atoms with Crippen molar-refractivity contribution >= 4 is 22.1 Å². The average Bonchev–Trinajstić information content (AvgIpc) is 2.15. The zero-order valence-corrected chi connectivity index (χ0v) is 8.43. The smallest absolute Gasteiger partial charge is 0.337 e. The Kier molecular flexibility index (Phi) is 2.97. The third-order valence-corrected chi connectivity index (χ3v) is 2.63. The summed E-state index contributed by atoms with van der Waals surface area (Å²) in [4.78, 5) is 20.2. The van der Waals surface area contributed by atoms with E-state index in [1.165, 1.54) is 0 Å². The zero-order chi connectivity index (χ0) is 12.5. The predicted molar refractivity (Wildman–Crippen MR) is 50.2 cm³/mol. The molecule has 0 bridgehead atoms. The molecule has 8 heteroatoms. The largest absolute Gasteiger partial charge is 0.478 e. The van der Waals surface area contributed by atoms with Crippen LogP contribution in [0.25, 0.3) is 0 Å². The molecule has 0 aliphatic rings. The summed E-state index contributed by atoms with van der Waals surface area (Å²) in [7, 11) is -4.78. The molecule has 0 radical (unpaired) electrons. The first-order valence-corrected chi connectivity index (χ1v) is 5.25. The average molecular weight is 246 g/mol. The van der Waals surface area contributed by atoms with Crippen molar-refractivity contribution in [2.45, 2.75) is 4.90 Å². The van der Waals surface area contributed by atoms with E-state index in [2.05, 4.69) is 0 Å². The Hall–Kier alpha value is -1.93. The third-order valence-electron chi connectivity index (χ3n) is 1.74. The standard InChI is InChI=1S/C8H6O7S/c9-7(10)4-1-2-5(8(11)12)6(3-4)16(13,14)15/h1-3H,(H,9,10)(H,11,12)(H,13,14,15).